The molecule has 0 aliphatic carbocycles. The first-order valence-electron chi connectivity index (χ1n) is 4.63. The number of rotatable bonds is 7. The van der Waals surface area contributed by atoms with Gasteiger partial charge in [-0.3, -0.25) is 4.79 Å². The number of alkyl halides is 3. The van der Waals surface area contributed by atoms with Crippen LogP contribution >= 0.6 is 0 Å². The van der Waals surface area contributed by atoms with E-state index in [1.165, 1.54) is 0 Å². The standard InChI is InChI=1S/C9H15F3O2/c1-2-3-4-5-6(13)7(10)8(14)9(11)12/h7-9,14H,2-5H2,1H3. The minimum atomic E-state index is -3.21. The molecule has 0 aliphatic rings. The largest absolute Gasteiger partial charge is 0.384 e. The summed E-state index contributed by atoms with van der Waals surface area (Å²) in [6.45, 7) is 1.91. The molecule has 2 nitrogen and oxygen atoms in total. The summed E-state index contributed by atoms with van der Waals surface area (Å²) in [5.74, 6) is -0.939. The van der Waals surface area contributed by atoms with E-state index in [-0.39, 0.29) is 6.42 Å². The number of ketones is 1. The van der Waals surface area contributed by atoms with Crippen LogP contribution in [0.5, 0.6) is 0 Å². The molecular formula is C9H15F3O2. The Labute approximate surface area is 81.1 Å². The van der Waals surface area contributed by atoms with Crippen molar-refractivity contribution >= 4 is 5.78 Å². The van der Waals surface area contributed by atoms with Crippen LogP contribution in [0.1, 0.15) is 32.6 Å². The van der Waals surface area contributed by atoms with Gasteiger partial charge in [-0.25, -0.2) is 13.2 Å². The Bertz CT molecular complexity index is 173. The number of unbranched alkanes of at least 4 members (excludes halogenated alkanes) is 2. The summed E-state index contributed by atoms with van der Waals surface area (Å²) in [4.78, 5) is 10.9. The Hall–Kier alpha value is -0.580. The van der Waals surface area contributed by atoms with Gasteiger partial charge in [0.2, 0.25) is 0 Å². The monoisotopic (exact) mass is 212 g/mol. The molecule has 0 bridgehead atoms. The fourth-order valence-corrected chi connectivity index (χ4v) is 1.01. The van der Waals surface area contributed by atoms with E-state index in [2.05, 4.69) is 0 Å². The van der Waals surface area contributed by atoms with Crippen LogP contribution in [0.2, 0.25) is 0 Å². The lowest BCUT2D eigenvalue weighted by atomic mass is 10.1. The van der Waals surface area contributed by atoms with Crippen molar-refractivity contribution in [1.29, 1.82) is 0 Å². The van der Waals surface area contributed by atoms with Crippen LogP contribution < -0.4 is 0 Å². The molecule has 2 unspecified atom stereocenters. The molecule has 1 N–H and O–H groups in total. The second kappa shape index (κ2) is 6.81. The third-order valence-corrected chi connectivity index (χ3v) is 1.89. The van der Waals surface area contributed by atoms with E-state index in [1.807, 2.05) is 6.92 Å². The number of hydrogen-bond donors (Lipinski definition) is 1. The third kappa shape index (κ3) is 4.60. The summed E-state index contributed by atoms with van der Waals surface area (Å²) in [5, 5.41) is 8.58. The molecule has 0 heterocycles. The molecule has 0 aromatic carbocycles. The maximum atomic E-state index is 12.8. The molecule has 0 saturated heterocycles. The molecule has 5 heteroatoms. The van der Waals surface area contributed by atoms with Crippen molar-refractivity contribution in [3.05, 3.63) is 0 Å². The first-order chi connectivity index (χ1) is 6.50. The minimum Gasteiger partial charge on any atom is -0.384 e. The molecule has 84 valence electrons. The second-order valence-electron chi connectivity index (χ2n) is 3.15. The van der Waals surface area contributed by atoms with Crippen molar-refractivity contribution in [3.63, 3.8) is 0 Å². The zero-order chi connectivity index (χ0) is 11.1. The van der Waals surface area contributed by atoms with Gasteiger partial charge < -0.3 is 5.11 Å². The van der Waals surface area contributed by atoms with Crippen molar-refractivity contribution in [3.8, 4) is 0 Å². The molecule has 0 rings (SSSR count). The van der Waals surface area contributed by atoms with Gasteiger partial charge in [0.25, 0.3) is 6.43 Å². The molecule has 2 atom stereocenters. The van der Waals surface area contributed by atoms with E-state index in [9.17, 15) is 18.0 Å². The fraction of sp³-hybridized carbons (Fsp3) is 0.889. The van der Waals surface area contributed by atoms with E-state index < -0.39 is 24.5 Å². The molecule has 0 aromatic rings. The number of aliphatic hydroxyl groups excluding tert-OH is 1. The lowest BCUT2D eigenvalue weighted by Crippen LogP contribution is -2.35. The average molecular weight is 212 g/mol. The molecule has 14 heavy (non-hydrogen) atoms. The van der Waals surface area contributed by atoms with Crippen molar-refractivity contribution in [1.82, 2.24) is 0 Å². The number of halogens is 3. The van der Waals surface area contributed by atoms with E-state index in [4.69, 9.17) is 5.11 Å². The maximum Gasteiger partial charge on any atom is 0.267 e. The molecular weight excluding hydrogens is 197 g/mol. The zero-order valence-electron chi connectivity index (χ0n) is 8.05. The number of carbonyl (C=O) groups excluding carboxylic acids is 1. The quantitative estimate of drug-likeness (QED) is 0.656. The summed E-state index contributed by atoms with van der Waals surface area (Å²) < 4.78 is 36.4. The molecule has 0 aromatic heterocycles. The lowest BCUT2D eigenvalue weighted by Gasteiger charge is -2.13. The van der Waals surface area contributed by atoms with Gasteiger partial charge in [-0.15, -0.1) is 0 Å². The highest BCUT2D eigenvalue weighted by Crippen LogP contribution is 2.13. The van der Waals surface area contributed by atoms with Gasteiger partial charge in [0.1, 0.15) is 0 Å². The topological polar surface area (TPSA) is 37.3 Å². The van der Waals surface area contributed by atoms with Crippen molar-refractivity contribution in [2.24, 2.45) is 0 Å². The number of aliphatic hydroxyl groups is 1. The van der Waals surface area contributed by atoms with E-state index >= 15 is 0 Å². The van der Waals surface area contributed by atoms with Crippen LogP contribution in [-0.4, -0.2) is 29.6 Å². The zero-order valence-corrected chi connectivity index (χ0v) is 8.05. The highest BCUT2D eigenvalue weighted by Gasteiger charge is 2.32. The van der Waals surface area contributed by atoms with Crippen LogP contribution in [0.4, 0.5) is 13.2 Å². The van der Waals surface area contributed by atoms with Crippen LogP contribution in [0, 0.1) is 0 Å². The molecule has 0 aliphatic heterocycles. The number of hydrogen-bond acceptors (Lipinski definition) is 2. The van der Waals surface area contributed by atoms with Gasteiger partial charge in [0.05, 0.1) is 0 Å². The lowest BCUT2D eigenvalue weighted by molar-refractivity contribution is -0.133. The Kier molecular flexibility index (Phi) is 6.53. The summed E-state index contributed by atoms with van der Waals surface area (Å²) in [5.41, 5.74) is 0. The molecule has 0 spiro atoms. The van der Waals surface area contributed by atoms with Crippen molar-refractivity contribution < 1.29 is 23.1 Å². The Morgan fingerprint density at radius 1 is 1.29 bits per heavy atom. The summed E-state index contributed by atoms with van der Waals surface area (Å²) in [6.07, 6.45) is -6.13. The third-order valence-electron chi connectivity index (χ3n) is 1.89. The first kappa shape index (κ1) is 13.4. The summed E-state index contributed by atoms with van der Waals surface area (Å²) in [7, 11) is 0. The van der Waals surface area contributed by atoms with E-state index in [0.717, 1.165) is 12.8 Å². The number of Topliss-reactive ketones (excluding diaryl/α,β-unsaturated/α-hetero) is 1. The Morgan fingerprint density at radius 2 is 1.86 bits per heavy atom. The fourth-order valence-electron chi connectivity index (χ4n) is 1.01. The highest BCUT2D eigenvalue weighted by molar-refractivity contribution is 5.83. The summed E-state index contributed by atoms with van der Waals surface area (Å²) >= 11 is 0. The van der Waals surface area contributed by atoms with Gasteiger partial charge in [-0.2, -0.15) is 0 Å². The van der Waals surface area contributed by atoms with Crippen molar-refractivity contribution in [2.45, 2.75) is 51.3 Å². The van der Waals surface area contributed by atoms with Crippen molar-refractivity contribution in [2.75, 3.05) is 0 Å². The van der Waals surface area contributed by atoms with E-state index in [0.29, 0.717) is 6.42 Å². The smallest absolute Gasteiger partial charge is 0.267 e. The normalized spacial score (nSPS) is 15.6. The predicted molar refractivity (Wildman–Crippen MR) is 46.1 cm³/mol. The number of carbonyl (C=O) groups is 1. The Balaban J connectivity index is 3.86. The second-order valence-corrected chi connectivity index (χ2v) is 3.15. The molecule has 0 amide bonds. The Morgan fingerprint density at radius 3 is 2.29 bits per heavy atom. The van der Waals surface area contributed by atoms with Gasteiger partial charge in [-0.05, 0) is 6.42 Å². The van der Waals surface area contributed by atoms with E-state index in [1.54, 1.807) is 0 Å². The van der Waals surface area contributed by atoms with Crippen LogP contribution in [-0.2, 0) is 4.79 Å². The van der Waals surface area contributed by atoms with Gasteiger partial charge >= 0.3 is 0 Å². The SMILES string of the molecule is CCCCCC(=O)C(F)C(O)C(F)F. The minimum absolute atomic E-state index is 0.0845. The van der Waals surface area contributed by atoms with Gasteiger partial charge in [0.15, 0.2) is 18.1 Å². The van der Waals surface area contributed by atoms with Crippen LogP contribution in [0.3, 0.4) is 0 Å². The average Bonchev–Trinajstić information content (AvgIpc) is 2.15. The molecule has 0 radical (unpaired) electrons. The predicted octanol–water partition coefficient (Wildman–Crippen LogP) is 2.10. The van der Waals surface area contributed by atoms with Crippen LogP contribution in [0.15, 0.2) is 0 Å². The first-order valence-corrected chi connectivity index (χ1v) is 4.63. The summed E-state index contributed by atoms with van der Waals surface area (Å²) in [6, 6.07) is 0. The van der Waals surface area contributed by atoms with Crippen LogP contribution in [0.25, 0.3) is 0 Å². The van der Waals surface area contributed by atoms with Gasteiger partial charge in [-0.1, -0.05) is 19.8 Å². The highest BCUT2D eigenvalue weighted by atomic mass is 19.3. The molecule has 0 fully saturated rings. The van der Waals surface area contributed by atoms with Gasteiger partial charge in [0, 0.05) is 6.42 Å². The maximum absolute atomic E-state index is 12.8. The molecule has 0 saturated carbocycles.